The Balaban J connectivity index is 1.95. The van der Waals surface area contributed by atoms with Gasteiger partial charge in [-0.3, -0.25) is 9.59 Å². The Bertz CT molecular complexity index is 525. The van der Waals surface area contributed by atoms with Gasteiger partial charge in [0.05, 0.1) is 5.25 Å². The zero-order valence-electron chi connectivity index (χ0n) is 12.4. The molecule has 1 saturated heterocycles. The summed E-state index contributed by atoms with van der Waals surface area (Å²) in [6.07, 6.45) is 2.89. The Kier molecular flexibility index (Phi) is 5.22. The van der Waals surface area contributed by atoms with Crippen LogP contribution in [0, 0.1) is 0 Å². The fourth-order valence-corrected chi connectivity index (χ4v) is 3.22. The van der Waals surface area contributed by atoms with Gasteiger partial charge in [-0.25, -0.2) is 0 Å². The third-order valence-electron chi connectivity index (χ3n) is 3.57. The molecule has 1 aliphatic rings. The molecule has 2 heterocycles. The summed E-state index contributed by atoms with van der Waals surface area (Å²) in [5, 5.41) is 8.66. The first-order valence-corrected chi connectivity index (χ1v) is 7.99. The van der Waals surface area contributed by atoms with Gasteiger partial charge in [0, 0.05) is 33.0 Å². The summed E-state index contributed by atoms with van der Waals surface area (Å²) in [6.45, 7) is 3.60. The van der Waals surface area contributed by atoms with Crippen LogP contribution in [-0.4, -0.2) is 49.8 Å². The Morgan fingerprint density at radius 1 is 1.33 bits per heavy atom. The van der Waals surface area contributed by atoms with Crippen molar-refractivity contribution >= 4 is 23.6 Å². The summed E-state index contributed by atoms with van der Waals surface area (Å²) in [6, 6.07) is 0. The molecule has 21 heavy (non-hydrogen) atoms. The van der Waals surface area contributed by atoms with E-state index in [1.54, 1.807) is 0 Å². The predicted molar refractivity (Wildman–Crippen MR) is 79.7 cm³/mol. The molecule has 1 aliphatic heterocycles. The number of amides is 2. The fourth-order valence-electron chi connectivity index (χ4n) is 2.30. The maximum Gasteiger partial charge on any atom is 0.235 e. The van der Waals surface area contributed by atoms with E-state index in [0.29, 0.717) is 17.4 Å². The smallest absolute Gasteiger partial charge is 0.235 e. The summed E-state index contributed by atoms with van der Waals surface area (Å²) in [5.41, 5.74) is 5.14. The average Bonchev–Trinajstić information content (AvgIpc) is 3.07. The minimum atomic E-state index is -0.357. The van der Waals surface area contributed by atoms with Crippen LogP contribution in [0.5, 0.6) is 0 Å². The van der Waals surface area contributed by atoms with Gasteiger partial charge in [-0.15, -0.1) is 10.2 Å². The standard InChI is InChI=1S/C13H21N5O2S/c1-9(12(20)18-7-3-4-8-18)21-13-16-15-11(17(13)2)6-5-10(14)19/h9H,3-8H2,1-2H3,(H2,14,19)/t9-/m1/s1. The summed E-state index contributed by atoms with van der Waals surface area (Å²) < 4.78 is 1.82. The first-order valence-electron chi connectivity index (χ1n) is 7.11. The molecular weight excluding hydrogens is 290 g/mol. The van der Waals surface area contributed by atoms with Gasteiger partial charge in [-0.2, -0.15) is 0 Å². The Hall–Kier alpha value is -1.57. The largest absolute Gasteiger partial charge is 0.370 e. The van der Waals surface area contributed by atoms with Crippen molar-refractivity contribution in [3.8, 4) is 0 Å². The zero-order valence-corrected chi connectivity index (χ0v) is 13.2. The molecule has 1 fully saturated rings. The van der Waals surface area contributed by atoms with Crippen LogP contribution in [0.4, 0.5) is 0 Å². The van der Waals surface area contributed by atoms with Gasteiger partial charge >= 0.3 is 0 Å². The van der Waals surface area contributed by atoms with Crippen molar-refractivity contribution in [1.29, 1.82) is 0 Å². The first kappa shape index (κ1) is 15.8. The molecule has 1 aromatic rings. The van der Waals surface area contributed by atoms with E-state index in [2.05, 4.69) is 10.2 Å². The quantitative estimate of drug-likeness (QED) is 0.764. The summed E-state index contributed by atoms with van der Waals surface area (Å²) >= 11 is 1.40. The van der Waals surface area contributed by atoms with Crippen LogP contribution in [-0.2, 0) is 23.1 Å². The number of carbonyl (C=O) groups excluding carboxylic acids is 2. The van der Waals surface area contributed by atoms with Crippen molar-refractivity contribution in [3.63, 3.8) is 0 Å². The number of hydrogen-bond donors (Lipinski definition) is 1. The molecule has 0 aliphatic carbocycles. The molecule has 2 amide bonds. The lowest BCUT2D eigenvalue weighted by molar-refractivity contribution is -0.129. The van der Waals surface area contributed by atoms with Gasteiger partial charge in [0.2, 0.25) is 11.8 Å². The molecule has 1 aromatic heterocycles. The van der Waals surface area contributed by atoms with Crippen LogP contribution < -0.4 is 5.73 Å². The van der Waals surface area contributed by atoms with Crippen LogP contribution in [0.3, 0.4) is 0 Å². The molecule has 8 heteroatoms. The second kappa shape index (κ2) is 6.93. The molecule has 0 spiro atoms. The number of rotatable bonds is 6. The second-order valence-electron chi connectivity index (χ2n) is 5.22. The highest BCUT2D eigenvalue weighted by atomic mass is 32.2. The van der Waals surface area contributed by atoms with E-state index < -0.39 is 0 Å². The van der Waals surface area contributed by atoms with E-state index in [1.807, 2.05) is 23.4 Å². The van der Waals surface area contributed by atoms with Crippen LogP contribution in [0.1, 0.15) is 32.0 Å². The van der Waals surface area contributed by atoms with Crippen molar-refractivity contribution in [2.45, 2.75) is 43.0 Å². The number of hydrogen-bond acceptors (Lipinski definition) is 5. The topological polar surface area (TPSA) is 94.1 Å². The van der Waals surface area contributed by atoms with E-state index in [9.17, 15) is 9.59 Å². The number of aromatic nitrogens is 3. The van der Waals surface area contributed by atoms with Gasteiger partial charge in [0.15, 0.2) is 5.16 Å². The molecule has 116 valence electrons. The number of carbonyl (C=O) groups is 2. The first-order chi connectivity index (χ1) is 9.99. The third-order valence-corrected chi connectivity index (χ3v) is 4.69. The number of aryl methyl sites for hydroxylation is 1. The Morgan fingerprint density at radius 3 is 2.62 bits per heavy atom. The van der Waals surface area contributed by atoms with Crippen molar-refractivity contribution in [3.05, 3.63) is 5.82 Å². The van der Waals surface area contributed by atoms with Gasteiger partial charge in [0.25, 0.3) is 0 Å². The SMILES string of the molecule is C[C@@H](Sc1nnc(CCC(N)=O)n1C)C(=O)N1CCCC1. The van der Waals surface area contributed by atoms with Crippen molar-refractivity contribution < 1.29 is 9.59 Å². The molecule has 0 bridgehead atoms. The van der Waals surface area contributed by atoms with Crippen molar-refractivity contribution in [2.24, 2.45) is 12.8 Å². The zero-order chi connectivity index (χ0) is 15.4. The number of primary amides is 1. The number of nitrogens with two attached hydrogens (primary N) is 1. The second-order valence-corrected chi connectivity index (χ2v) is 6.52. The fraction of sp³-hybridized carbons (Fsp3) is 0.692. The van der Waals surface area contributed by atoms with Crippen LogP contribution >= 0.6 is 11.8 Å². The molecule has 0 unspecified atom stereocenters. The van der Waals surface area contributed by atoms with Gasteiger partial charge < -0.3 is 15.2 Å². The van der Waals surface area contributed by atoms with Crippen molar-refractivity contribution in [1.82, 2.24) is 19.7 Å². The lowest BCUT2D eigenvalue weighted by Gasteiger charge is -2.19. The number of nitrogens with zero attached hydrogens (tertiary/aromatic N) is 4. The van der Waals surface area contributed by atoms with Crippen LogP contribution in [0.2, 0.25) is 0 Å². The lowest BCUT2D eigenvalue weighted by atomic mass is 10.3. The van der Waals surface area contributed by atoms with E-state index in [0.717, 1.165) is 25.9 Å². The predicted octanol–water partition coefficient (Wildman–Crippen LogP) is 0.336. The van der Waals surface area contributed by atoms with E-state index in [4.69, 9.17) is 5.73 Å². The van der Waals surface area contributed by atoms with Gasteiger partial charge in [-0.05, 0) is 19.8 Å². The van der Waals surface area contributed by atoms with E-state index in [1.165, 1.54) is 11.8 Å². The van der Waals surface area contributed by atoms with Gasteiger partial charge in [-0.1, -0.05) is 11.8 Å². The highest BCUT2D eigenvalue weighted by Gasteiger charge is 2.25. The lowest BCUT2D eigenvalue weighted by Crippen LogP contribution is -2.34. The molecule has 0 saturated carbocycles. The normalized spacial score (nSPS) is 16.2. The van der Waals surface area contributed by atoms with Crippen molar-refractivity contribution in [2.75, 3.05) is 13.1 Å². The summed E-state index contributed by atoms with van der Waals surface area (Å²) in [4.78, 5) is 25.0. The van der Waals surface area contributed by atoms with Crippen LogP contribution in [0.25, 0.3) is 0 Å². The van der Waals surface area contributed by atoms with E-state index in [-0.39, 0.29) is 23.5 Å². The molecular formula is C13H21N5O2S. The van der Waals surface area contributed by atoms with Gasteiger partial charge in [0.1, 0.15) is 5.82 Å². The molecule has 7 nitrogen and oxygen atoms in total. The maximum atomic E-state index is 12.3. The average molecular weight is 311 g/mol. The Morgan fingerprint density at radius 2 is 2.00 bits per heavy atom. The minimum absolute atomic E-state index is 0.152. The Labute approximate surface area is 128 Å². The van der Waals surface area contributed by atoms with Crippen LogP contribution in [0.15, 0.2) is 5.16 Å². The summed E-state index contributed by atoms with van der Waals surface area (Å²) in [5.74, 6) is 0.501. The third kappa shape index (κ3) is 3.96. The highest BCUT2D eigenvalue weighted by molar-refractivity contribution is 8.00. The molecule has 2 N–H and O–H groups in total. The summed E-state index contributed by atoms with van der Waals surface area (Å²) in [7, 11) is 1.84. The highest BCUT2D eigenvalue weighted by Crippen LogP contribution is 2.24. The maximum absolute atomic E-state index is 12.3. The molecule has 0 aromatic carbocycles. The minimum Gasteiger partial charge on any atom is -0.370 e. The molecule has 2 rings (SSSR count). The molecule has 0 radical (unpaired) electrons. The number of thioether (sulfide) groups is 1. The number of likely N-dealkylation sites (tertiary alicyclic amines) is 1. The monoisotopic (exact) mass is 311 g/mol. The molecule has 1 atom stereocenters. The van der Waals surface area contributed by atoms with E-state index >= 15 is 0 Å².